The second-order valence-electron chi connectivity index (χ2n) is 7.94. The molecule has 2 N–H and O–H groups in total. The number of hydrogen-bond acceptors (Lipinski definition) is 7. The number of benzene rings is 1. The molecule has 2 aliphatic heterocycles. The number of hydrogen-bond donors (Lipinski definition) is 2. The number of nitrogens with one attached hydrogen (secondary N) is 2. The van der Waals surface area contributed by atoms with Crippen LogP contribution in [-0.2, 0) is 4.74 Å². The largest absolute Gasteiger partial charge is 0.378 e. The fourth-order valence-electron chi connectivity index (χ4n) is 4.06. The summed E-state index contributed by atoms with van der Waals surface area (Å²) in [5.74, 6) is -0.267. The van der Waals surface area contributed by atoms with Crippen LogP contribution < -0.4 is 15.1 Å². The SMILES string of the molecule is O=C(Nc1ccc(N2CCOCC2)cc1N1CCC(F)CC1)c1csc(-c2cn[nH]c2)n1. The lowest BCUT2D eigenvalue weighted by molar-refractivity contribution is 0.102. The highest BCUT2D eigenvalue weighted by Gasteiger charge is 2.23. The van der Waals surface area contributed by atoms with Crippen LogP contribution in [0, 0.1) is 0 Å². The van der Waals surface area contributed by atoms with Gasteiger partial charge in [-0.05, 0) is 31.0 Å². The molecule has 10 heteroatoms. The Kier molecular flexibility index (Phi) is 6.04. The van der Waals surface area contributed by atoms with Crippen molar-refractivity contribution in [3.63, 3.8) is 0 Å². The van der Waals surface area contributed by atoms with Gasteiger partial charge in [0.1, 0.15) is 16.9 Å². The Bertz CT molecular complexity index is 1060. The van der Waals surface area contributed by atoms with Gasteiger partial charge in [-0.3, -0.25) is 9.89 Å². The molecule has 4 heterocycles. The molecule has 2 aliphatic rings. The first-order valence-corrected chi connectivity index (χ1v) is 11.7. The molecule has 0 spiro atoms. The Hall–Kier alpha value is -2.98. The molecular weight excluding hydrogens is 431 g/mol. The van der Waals surface area contributed by atoms with Crippen molar-refractivity contribution in [3.05, 3.63) is 41.7 Å². The molecule has 2 fully saturated rings. The van der Waals surface area contributed by atoms with E-state index in [4.69, 9.17) is 4.74 Å². The van der Waals surface area contributed by atoms with Crippen molar-refractivity contribution in [2.75, 3.05) is 54.5 Å². The first-order chi connectivity index (χ1) is 15.7. The van der Waals surface area contributed by atoms with E-state index in [1.54, 1.807) is 17.8 Å². The number of aromatic nitrogens is 3. The maximum atomic E-state index is 13.8. The van der Waals surface area contributed by atoms with Crippen molar-refractivity contribution in [3.8, 4) is 10.6 Å². The lowest BCUT2D eigenvalue weighted by Gasteiger charge is -2.34. The van der Waals surface area contributed by atoms with Crippen LogP contribution in [0.1, 0.15) is 23.3 Å². The molecule has 1 aromatic carbocycles. The standard InChI is InChI=1S/C22H25FN6O2S/c23-16-3-5-29(6-4-16)20-11-17(28-7-9-31-10-8-28)1-2-18(20)26-21(30)19-14-32-22(27-19)15-12-24-25-13-15/h1-2,11-14,16H,3-10H2,(H,24,25)(H,26,30). The summed E-state index contributed by atoms with van der Waals surface area (Å²) in [4.78, 5) is 21.9. The zero-order chi connectivity index (χ0) is 21.9. The number of alkyl halides is 1. The van der Waals surface area contributed by atoms with Gasteiger partial charge in [0, 0.05) is 49.0 Å². The topological polar surface area (TPSA) is 86.4 Å². The predicted molar refractivity (Wildman–Crippen MR) is 123 cm³/mol. The van der Waals surface area contributed by atoms with Gasteiger partial charge in [-0.25, -0.2) is 9.37 Å². The molecule has 2 aromatic heterocycles. The molecular formula is C22H25FN6O2S. The summed E-state index contributed by atoms with van der Waals surface area (Å²) in [6.45, 7) is 4.30. The first-order valence-electron chi connectivity index (χ1n) is 10.8. The maximum Gasteiger partial charge on any atom is 0.275 e. The van der Waals surface area contributed by atoms with Crippen LogP contribution in [0.15, 0.2) is 36.0 Å². The Balaban J connectivity index is 1.39. The quantitative estimate of drug-likeness (QED) is 0.611. The van der Waals surface area contributed by atoms with Gasteiger partial charge >= 0.3 is 0 Å². The summed E-state index contributed by atoms with van der Waals surface area (Å²) in [6.07, 6.45) is 3.66. The second-order valence-corrected chi connectivity index (χ2v) is 8.80. The molecule has 2 saturated heterocycles. The average molecular weight is 457 g/mol. The number of aromatic amines is 1. The zero-order valence-electron chi connectivity index (χ0n) is 17.6. The van der Waals surface area contributed by atoms with E-state index >= 15 is 0 Å². The Labute approximate surface area is 189 Å². The third-order valence-electron chi connectivity index (χ3n) is 5.85. The van der Waals surface area contributed by atoms with Gasteiger partial charge in [-0.2, -0.15) is 5.10 Å². The van der Waals surface area contributed by atoms with E-state index in [-0.39, 0.29) is 5.91 Å². The zero-order valence-corrected chi connectivity index (χ0v) is 18.4. The minimum absolute atomic E-state index is 0.267. The van der Waals surface area contributed by atoms with Gasteiger partial charge in [-0.1, -0.05) is 0 Å². The van der Waals surface area contributed by atoms with Gasteiger partial charge in [0.15, 0.2) is 0 Å². The highest BCUT2D eigenvalue weighted by atomic mass is 32.1. The summed E-state index contributed by atoms with van der Waals surface area (Å²) in [6, 6.07) is 6.05. The molecule has 32 heavy (non-hydrogen) atoms. The number of anilines is 3. The Morgan fingerprint density at radius 1 is 1.19 bits per heavy atom. The van der Waals surface area contributed by atoms with Crippen LogP contribution in [0.4, 0.5) is 21.5 Å². The number of halogens is 1. The first kappa shape index (κ1) is 20.9. The number of morpholine rings is 1. The average Bonchev–Trinajstić information content (AvgIpc) is 3.53. The van der Waals surface area contributed by atoms with E-state index in [0.717, 1.165) is 35.0 Å². The van der Waals surface area contributed by atoms with Crippen molar-refractivity contribution in [1.29, 1.82) is 0 Å². The monoisotopic (exact) mass is 456 g/mol. The highest BCUT2D eigenvalue weighted by Crippen LogP contribution is 2.34. The molecule has 0 atom stereocenters. The normalized spacial score (nSPS) is 17.5. The maximum absolute atomic E-state index is 13.8. The van der Waals surface area contributed by atoms with E-state index in [1.165, 1.54) is 11.3 Å². The van der Waals surface area contributed by atoms with Gasteiger partial charge < -0.3 is 19.9 Å². The summed E-state index contributed by atoms with van der Waals surface area (Å²) in [7, 11) is 0. The van der Waals surface area contributed by atoms with Crippen LogP contribution in [0.3, 0.4) is 0 Å². The molecule has 3 aromatic rings. The highest BCUT2D eigenvalue weighted by molar-refractivity contribution is 7.13. The Morgan fingerprint density at radius 3 is 2.75 bits per heavy atom. The van der Waals surface area contributed by atoms with E-state index in [0.29, 0.717) is 50.5 Å². The van der Waals surface area contributed by atoms with Crippen molar-refractivity contribution in [2.24, 2.45) is 0 Å². The van der Waals surface area contributed by atoms with E-state index in [9.17, 15) is 9.18 Å². The minimum atomic E-state index is -0.761. The molecule has 5 rings (SSSR count). The van der Waals surface area contributed by atoms with Crippen molar-refractivity contribution < 1.29 is 13.9 Å². The fourth-order valence-corrected chi connectivity index (χ4v) is 4.84. The van der Waals surface area contributed by atoms with Crippen LogP contribution in [0.25, 0.3) is 10.6 Å². The van der Waals surface area contributed by atoms with E-state index < -0.39 is 6.17 Å². The number of H-pyrrole nitrogens is 1. The molecule has 0 saturated carbocycles. The third-order valence-corrected chi connectivity index (χ3v) is 6.74. The summed E-state index contributed by atoms with van der Waals surface area (Å²) < 4.78 is 19.2. The number of nitrogens with zero attached hydrogens (tertiary/aromatic N) is 4. The van der Waals surface area contributed by atoms with Crippen molar-refractivity contribution in [2.45, 2.75) is 19.0 Å². The third kappa shape index (κ3) is 4.46. The summed E-state index contributed by atoms with van der Waals surface area (Å²) in [5, 5.41) is 12.2. The molecule has 1 amide bonds. The fraction of sp³-hybridized carbons (Fsp3) is 0.409. The number of carbonyl (C=O) groups is 1. The van der Waals surface area contributed by atoms with Gasteiger partial charge in [0.2, 0.25) is 0 Å². The van der Waals surface area contributed by atoms with Crippen LogP contribution in [0.5, 0.6) is 0 Å². The van der Waals surface area contributed by atoms with Crippen LogP contribution in [0.2, 0.25) is 0 Å². The van der Waals surface area contributed by atoms with E-state index in [2.05, 4.69) is 36.4 Å². The summed E-state index contributed by atoms with van der Waals surface area (Å²) in [5.41, 5.74) is 3.91. The summed E-state index contributed by atoms with van der Waals surface area (Å²) >= 11 is 1.40. The Morgan fingerprint density at radius 2 is 2.00 bits per heavy atom. The molecule has 8 nitrogen and oxygen atoms in total. The van der Waals surface area contributed by atoms with Crippen LogP contribution >= 0.6 is 11.3 Å². The second kappa shape index (κ2) is 9.25. The predicted octanol–water partition coefficient (Wildman–Crippen LogP) is 3.56. The van der Waals surface area contributed by atoms with E-state index in [1.807, 2.05) is 12.1 Å². The van der Waals surface area contributed by atoms with Crippen molar-refractivity contribution in [1.82, 2.24) is 15.2 Å². The number of piperidine rings is 1. The van der Waals surface area contributed by atoms with Crippen molar-refractivity contribution >= 4 is 34.3 Å². The van der Waals surface area contributed by atoms with Gasteiger partial charge in [0.05, 0.1) is 30.8 Å². The smallest absolute Gasteiger partial charge is 0.275 e. The van der Waals surface area contributed by atoms with Crippen LogP contribution in [-0.4, -0.2) is 66.7 Å². The number of thiazole rings is 1. The molecule has 0 bridgehead atoms. The number of ether oxygens (including phenoxy) is 1. The minimum Gasteiger partial charge on any atom is -0.378 e. The number of rotatable bonds is 5. The lowest BCUT2D eigenvalue weighted by Crippen LogP contribution is -2.37. The lowest BCUT2D eigenvalue weighted by atomic mass is 10.1. The molecule has 0 aliphatic carbocycles. The molecule has 168 valence electrons. The number of carbonyl (C=O) groups excluding carboxylic acids is 1. The van der Waals surface area contributed by atoms with Gasteiger partial charge in [-0.15, -0.1) is 11.3 Å². The molecule has 0 radical (unpaired) electrons. The number of amides is 1. The molecule has 0 unspecified atom stereocenters. The van der Waals surface area contributed by atoms with Gasteiger partial charge in [0.25, 0.3) is 5.91 Å².